The summed E-state index contributed by atoms with van der Waals surface area (Å²) >= 11 is 0. The molecule has 0 saturated carbocycles. The molecule has 2 N–H and O–H groups in total. The van der Waals surface area contributed by atoms with Gasteiger partial charge in [-0.15, -0.1) is 0 Å². The Hall–Kier alpha value is -6.78. The lowest BCUT2D eigenvalue weighted by molar-refractivity contribution is 0.673. The van der Waals surface area contributed by atoms with Crippen LogP contribution in [0.2, 0.25) is 0 Å². The molecule has 0 bridgehead atoms. The van der Waals surface area contributed by atoms with Crippen molar-refractivity contribution in [3.63, 3.8) is 0 Å². The summed E-state index contributed by atoms with van der Waals surface area (Å²) in [6.45, 7) is 0. The topological polar surface area (TPSA) is 48.8 Å². The van der Waals surface area contributed by atoms with Crippen LogP contribution in [0.5, 0.6) is 0 Å². The van der Waals surface area contributed by atoms with E-state index in [1.807, 2.05) is 12.1 Å². The second-order valence-electron chi connectivity index (χ2n) is 13.1. The SMILES string of the molecule is C1=c2ccccc2=C(c2ccccc2)NC1c1ccc(C2N=C(c3ccc(-c4ccccc4)cc3)N=C(c3ccc(-c4ccccc4)cc3)N2)cc1. The predicted molar refractivity (Wildman–Crippen MR) is 214 cm³/mol. The van der Waals surface area contributed by atoms with Crippen molar-refractivity contribution in [2.24, 2.45) is 9.98 Å². The lowest BCUT2D eigenvalue weighted by Gasteiger charge is -2.26. The molecule has 0 fully saturated rings. The molecule has 0 amide bonds. The first kappa shape index (κ1) is 31.2. The Bertz CT molecular complexity index is 2520. The fourth-order valence-electron chi connectivity index (χ4n) is 7.02. The molecule has 2 aliphatic rings. The average Bonchev–Trinajstić information content (AvgIpc) is 3.24. The standard InChI is InChI=1S/C48H36N4/c1-4-12-33(13-5-1)35-20-26-39(27-21-35)46-50-47(40-28-22-36(23-29-40)34-14-6-2-7-15-34)52-48(51-46)41-30-24-37(25-31-41)44-32-42-18-10-11-19-43(42)45(49-44)38-16-8-3-9-17-38/h1-32,44,48-49H,(H,50,51,52). The number of hydrogen-bond acceptors (Lipinski definition) is 4. The van der Waals surface area contributed by atoms with E-state index in [4.69, 9.17) is 9.98 Å². The summed E-state index contributed by atoms with van der Waals surface area (Å²) in [5.41, 5.74) is 11.3. The first-order valence-corrected chi connectivity index (χ1v) is 17.7. The van der Waals surface area contributed by atoms with E-state index in [1.165, 1.54) is 38.3 Å². The summed E-state index contributed by atoms with van der Waals surface area (Å²) in [6, 6.07) is 66.0. The highest BCUT2D eigenvalue weighted by Gasteiger charge is 2.22. The van der Waals surface area contributed by atoms with Crippen molar-refractivity contribution < 1.29 is 0 Å². The van der Waals surface area contributed by atoms with Crippen LogP contribution in [-0.4, -0.2) is 11.7 Å². The van der Waals surface area contributed by atoms with Gasteiger partial charge in [-0.2, -0.15) is 0 Å². The van der Waals surface area contributed by atoms with Gasteiger partial charge in [0.1, 0.15) is 12.0 Å². The molecule has 9 rings (SSSR count). The molecule has 2 unspecified atom stereocenters. The highest BCUT2D eigenvalue weighted by Crippen LogP contribution is 2.28. The van der Waals surface area contributed by atoms with Crippen LogP contribution in [0.25, 0.3) is 34.0 Å². The summed E-state index contributed by atoms with van der Waals surface area (Å²) in [5.74, 6) is 1.50. The second-order valence-corrected chi connectivity index (χ2v) is 13.1. The van der Waals surface area contributed by atoms with Crippen molar-refractivity contribution in [3.05, 3.63) is 226 Å². The van der Waals surface area contributed by atoms with Gasteiger partial charge in [-0.05, 0) is 50.2 Å². The molecular weight excluding hydrogens is 633 g/mol. The number of amidine groups is 2. The maximum Gasteiger partial charge on any atom is 0.159 e. The summed E-state index contributed by atoms with van der Waals surface area (Å²) in [7, 11) is 0. The molecule has 248 valence electrons. The van der Waals surface area contributed by atoms with Crippen LogP contribution >= 0.6 is 0 Å². The number of nitrogens with one attached hydrogen (secondary N) is 2. The van der Waals surface area contributed by atoms with Gasteiger partial charge in [0.2, 0.25) is 0 Å². The van der Waals surface area contributed by atoms with E-state index < -0.39 is 0 Å². The molecule has 7 aromatic carbocycles. The maximum absolute atomic E-state index is 5.18. The summed E-state index contributed by atoms with van der Waals surface area (Å²) in [5, 5.41) is 9.94. The van der Waals surface area contributed by atoms with Crippen LogP contribution in [0, 0.1) is 0 Å². The van der Waals surface area contributed by atoms with Crippen LogP contribution in [0.4, 0.5) is 0 Å². The smallest absolute Gasteiger partial charge is 0.159 e. The fourth-order valence-corrected chi connectivity index (χ4v) is 7.02. The number of benzene rings is 7. The van der Waals surface area contributed by atoms with Gasteiger partial charge in [0.25, 0.3) is 0 Å². The Labute approximate surface area is 303 Å². The minimum absolute atomic E-state index is 0.0286. The molecule has 2 aliphatic heterocycles. The molecule has 4 heteroatoms. The second kappa shape index (κ2) is 13.9. The minimum Gasteiger partial charge on any atom is -0.374 e. The van der Waals surface area contributed by atoms with E-state index in [-0.39, 0.29) is 12.2 Å². The molecule has 4 nitrogen and oxygen atoms in total. The van der Waals surface area contributed by atoms with Gasteiger partial charge < -0.3 is 10.6 Å². The predicted octanol–water partition coefficient (Wildman–Crippen LogP) is 8.80. The number of fused-ring (bicyclic) bond motifs is 1. The molecule has 7 aromatic rings. The van der Waals surface area contributed by atoms with Crippen molar-refractivity contribution >= 4 is 23.4 Å². The zero-order valence-electron chi connectivity index (χ0n) is 28.5. The molecule has 2 atom stereocenters. The Balaban J connectivity index is 1.04. The molecule has 0 aromatic heterocycles. The fraction of sp³-hybridized carbons (Fsp3) is 0.0417. The molecule has 52 heavy (non-hydrogen) atoms. The third-order valence-corrected chi connectivity index (χ3v) is 9.81. The Kier molecular flexibility index (Phi) is 8.32. The van der Waals surface area contributed by atoms with E-state index >= 15 is 0 Å². The molecule has 0 saturated heterocycles. The van der Waals surface area contributed by atoms with Crippen molar-refractivity contribution in [1.29, 1.82) is 0 Å². The number of rotatable bonds is 7. The normalized spacial score (nSPS) is 16.3. The van der Waals surface area contributed by atoms with Gasteiger partial charge in [0, 0.05) is 16.3 Å². The lowest BCUT2D eigenvalue weighted by Crippen LogP contribution is -2.39. The highest BCUT2D eigenvalue weighted by atomic mass is 15.2. The van der Waals surface area contributed by atoms with Crippen LogP contribution in [0.1, 0.15) is 40.0 Å². The monoisotopic (exact) mass is 668 g/mol. The molecule has 0 aliphatic carbocycles. The van der Waals surface area contributed by atoms with Crippen LogP contribution in [0.15, 0.2) is 198 Å². The Morgan fingerprint density at radius 2 is 0.865 bits per heavy atom. The minimum atomic E-state index is -0.311. The number of nitrogens with zero attached hydrogens (tertiary/aromatic N) is 2. The van der Waals surface area contributed by atoms with Crippen LogP contribution in [-0.2, 0) is 0 Å². The average molecular weight is 669 g/mol. The van der Waals surface area contributed by atoms with E-state index in [0.29, 0.717) is 5.84 Å². The zero-order chi connectivity index (χ0) is 34.7. The highest BCUT2D eigenvalue weighted by molar-refractivity contribution is 6.13. The van der Waals surface area contributed by atoms with Crippen molar-refractivity contribution in [2.45, 2.75) is 12.2 Å². The van der Waals surface area contributed by atoms with E-state index in [2.05, 4.69) is 193 Å². The first-order chi connectivity index (χ1) is 25.7. The Morgan fingerprint density at radius 3 is 1.48 bits per heavy atom. The Morgan fingerprint density at radius 1 is 0.385 bits per heavy atom. The molecule has 0 spiro atoms. The van der Waals surface area contributed by atoms with Gasteiger partial charge in [-0.25, -0.2) is 9.98 Å². The van der Waals surface area contributed by atoms with Crippen molar-refractivity contribution in [2.75, 3.05) is 0 Å². The quantitative estimate of drug-likeness (QED) is 0.178. The maximum atomic E-state index is 5.18. The van der Waals surface area contributed by atoms with E-state index in [9.17, 15) is 0 Å². The molecule has 0 radical (unpaired) electrons. The largest absolute Gasteiger partial charge is 0.374 e. The third-order valence-electron chi connectivity index (χ3n) is 9.81. The lowest BCUT2D eigenvalue weighted by atomic mass is 9.96. The van der Waals surface area contributed by atoms with Gasteiger partial charge in [-0.1, -0.05) is 188 Å². The zero-order valence-corrected chi connectivity index (χ0v) is 28.5. The third kappa shape index (κ3) is 6.34. The van der Waals surface area contributed by atoms with Gasteiger partial charge in [0.05, 0.1) is 11.7 Å². The van der Waals surface area contributed by atoms with Crippen LogP contribution in [0.3, 0.4) is 0 Å². The van der Waals surface area contributed by atoms with Gasteiger partial charge in [-0.3, -0.25) is 0 Å². The van der Waals surface area contributed by atoms with Gasteiger partial charge in [0.15, 0.2) is 5.84 Å². The number of aliphatic imine (C=N–C) groups is 2. The summed E-state index contributed by atoms with van der Waals surface area (Å²) < 4.78 is 0. The molecular formula is C48H36N4. The van der Waals surface area contributed by atoms with Gasteiger partial charge >= 0.3 is 0 Å². The van der Waals surface area contributed by atoms with Crippen LogP contribution < -0.4 is 21.1 Å². The summed E-state index contributed by atoms with van der Waals surface area (Å²) in [6.07, 6.45) is 2.00. The molecule has 2 heterocycles. The van der Waals surface area contributed by atoms with E-state index in [0.717, 1.165) is 33.8 Å². The van der Waals surface area contributed by atoms with Crippen molar-refractivity contribution in [1.82, 2.24) is 10.6 Å². The first-order valence-electron chi connectivity index (χ1n) is 17.7. The summed E-state index contributed by atoms with van der Waals surface area (Å²) in [4.78, 5) is 10.3. The van der Waals surface area contributed by atoms with E-state index in [1.54, 1.807) is 0 Å². The number of hydrogen-bond donors (Lipinski definition) is 2. The van der Waals surface area contributed by atoms with Crippen molar-refractivity contribution in [3.8, 4) is 22.3 Å².